The van der Waals surface area contributed by atoms with E-state index < -0.39 is 12.1 Å². The molecule has 0 N–H and O–H groups in total. The maximum Gasteiger partial charge on any atom is 0.325 e. The fraction of sp³-hybridized carbons (Fsp3) is 0.438. The molecular formula is C16H19NO6. The quantitative estimate of drug-likeness (QED) is 0.603. The van der Waals surface area contributed by atoms with Crippen LogP contribution >= 0.6 is 0 Å². The van der Waals surface area contributed by atoms with Gasteiger partial charge in [-0.2, -0.15) is 0 Å². The molecule has 0 aliphatic carbocycles. The molecular weight excluding hydrogens is 302 g/mol. The number of hydrogen-bond acceptors (Lipinski definition) is 6. The van der Waals surface area contributed by atoms with Crippen LogP contribution in [0.15, 0.2) is 12.1 Å². The minimum atomic E-state index is -0.747. The summed E-state index contributed by atoms with van der Waals surface area (Å²) < 4.78 is 15.7. The van der Waals surface area contributed by atoms with Crippen LogP contribution in [0.5, 0.6) is 11.5 Å². The summed E-state index contributed by atoms with van der Waals surface area (Å²) >= 11 is 0. The van der Waals surface area contributed by atoms with Crippen LogP contribution in [0.2, 0.25) is 0 Å². The van der Waals surface area contributed by atoms with Gasteiger partial charge < -0.3 is 14.2 Å². The maximum absolute atomic E-state index is 12.6. The molecule has 23 heavy (non-hydrogen) atoms. The fourth-order valence-electron chi connectivity index (χ4n) is 2.37. The van der Waals surface area contributed by atoms with E-state index in [4.69, 9.17) is 9.47 Å². The molecule has 1 aliphatic heterocycles. The fourth-order valence-corrected chi connectivity index (χ4v) is 2.37. The van der Waals surface area contributed by atoms with Gasteiger partial charge in [-0.1, -0.05) is 13.8 Å². The van der Waals surface area contributed by atoms with E-state index in [0.717, 1.165) is 0 Å². The van der Waals surface area contributed by atoms with Crippen LogP contribution in [0.1, 0.15) is 24.2 Å². The van der Waals surface area contributed by atoms with Crippen molar-refractivity contribution in [3.63, 3.8) is 0 Å². The molecule has 2 rings (SSSR count). The van der Waals surface area contributed by atoms with Crippen LogP contribution in [0.3, 0.4) is 0 Å². The lowest BCUT2D eigenvalue weighted by molar-refractivity contribution is -0.141. The number of amides is 1. The van der Waals surface area contributed by atoms with E-state index in [0.29, 0.717) is 29.0 Å². The largest absolute Gasteiger partial charge is 0.493 e. The van der Waals surface area contributed by atoms with Gasteiger partial charge in [-0.3, -0.25) is 19.3 Å². The lowest BCUT2D eigenvalue weighted by Gasteiger charge is -2.36. The van der Waals surface area contributed by atoms with E-state index in [9.17, 15) is 14.4 Å². The summed E-state index contributed by atoms with van der Waals surface area (Å²) in [5.74, 6) is -0.364. The first-order chi connectivity index (χ1) is 10.9. The summed E-state index contributed by atoms with van der Waals surface area (Å²) in [5, 5.41) is 0. The Morgan fingerprint density at radius 3 is 2.61 bits per heavy atom. The molecule has 0 fully saturated rings. The lowest BCUT2D eigenvalue weighted by atomic mass is 10.0. The molecule has 1 heterocycles. The summed E-state index contributed by atoms with van der Waals surface area (Å²) in [6.45, 7) is 3.42. The molecule has 1 amide bonds. The predicted octanol–water partition coefficient (Wildman–Crippen LogP) is 1.43. The van der Waals surface area contributed by atoms with Crippen LogP contribution in [-0.2, 0) is 14.3 Å². The highest BCUT2D eigenvalue weighted by atomic mass is 16.5. The molecule has 0 radical (unpaired) electrons. The van der Waals surface area contributed by atoms with Gasteiger partial charge in [-0.25, -0.2) is 0 Å². The SMILES string of the molecule is COC(=O)CN1C(=O)C(C(C)C)Oc2c(OC)cc(C=O)cc21. The Morgan fingerprint density at radius 1 is 1.39 bits per heavy atom. The lowest BCUT2D eigenvalue weighted by Crippen LogP contribution is -2.50. The first kappa shape index (κ1) is 16.8. The molecule has 0 bridgehead atoms. The van der Waals surface area contributed by atoms with Gasteiger partial charge in [0.05, 0.1) is 19.9 Å². The highest BCUT2D eigenvalue weighted by Crippen LogP contribution is 2.43. The Hall–Kier alpha value is -2.57. The van der Waals surface area contributed by atoms with E-state index in [1.165, 1.54) is 31.3 Å². The third kappa shape index (κ3) is 3.13. The molecule has 1 aromatic rings. The van der Waals surface area contributed by atoms with Crippen LogP contribution in [0.25, 0.3) is 0 Å². The first-order valence-electron chi connectivity index (χ1n) is 7.15. The van der Waals surface area contributed by atoms with Gasteiger partial charge in [0, 0.05) is 5.56 Å². The monoisotopic (exact) mass is 321 g/mol. The van der Waals surface area contributed by atoms with Crippen LogP contribution < -0.4 is 14.4 Å². The number of ether oxygens (including phenoxy) is 3. The van der Waals surface area contributed by atoms with Crippen molar-refractivity contribution < 1.29 is 28.6 Å². The topological polar surface area (TPSA) is 82.1 Å². The number of fused-ring (bicyclic) bond motifs is 1. The van der Waals surface area contributed by atoms with Crippen molar-refractivity contribution in [2.45, 2.75) is 20.0 Å². The van der Waals surface area contributed by atoms with Crippen molar-refractivity contribution in [1.82, 2.24) is 0 Å². The number of anilines is 1. The van der Waals surface area contributed by atoms with Gasteiger partial charge in [-0.05, 0) is 18.1 Å². The van der Waals surface area contributed by atoms with Crippen molar-refractivity contribution >= 4 is 23.9 Å². The third-order valence-corrected chi connectivity index (χ3v) is 3.58. The van der Waals surface area contributed by atoms with E-state index in [1.807, 2.05) is 13.8 Å². The van der Waals surface area contributed by atoms with Crippen molar-refractivity contribution in [3.05, 3.63) is 17.7 Å². The Morgan fingerprint density at radius 2 is 2.09 bits per heavy atom. The molecule has 1 unspecified atom stereocenters. The second kappa shape index (κ2) is 6.68. The maximum atomic E-state index is 12.6. The third-order valence-electron chi connectivity index (χ3n) is 3.58. The molecule has 124 valence electrons. The summed E-state index contributed by atoms with van der Waals surface area (Å²) in [4.78, 5) is 36.7. The number of carbonyl (C=O) groups is 3. The molecule has 0 aromatic heterocycles. The van der Waals surface area contributed by atoms with Crippen LogP contribution in [-0.4, -0.2) is 45.0 Å². The smallest absolute Gasteiger partial charge is 0.325 e. The zero-order chi connectivity index (χ0) is 17.1. The van der Waals surface area contributed by atoms with Crippen LogP contribution in [0, 0.1) is 5.92 Å². The van der Waals surface area contributed by atoms with Crippen molar-refractivity contribution in [2.75, 3.05) is 25.7 Å². The van der Waals surface area contributed by atoms with E-state index in [-0.39, 0.29) is 18.4 Å². The zero-order valence-corrected chi connectivity index (χ0v) is 13.5. The number of esters is 1. The van der Waals surface area contributed by atoms with Crippen LogP contribution in [0.4, 0.5) is 5.69 Å². The number of carbonyl (C=O) groups excluding carboxylic acids is 3. The molecule has 7 nitrogen and oxygen atoms in total. The van der Waals surface area contributed by atoms with Crippen molar-refractivity contribution in [1.29, 1.82) is 0 Å². The first-order valence-corrected chi connectivity index (χ1v) is 7.15. The summed E-state index contributed by atoms with van der Waals surface area (Å²) in [6.07, 6.45) is -0.110. The number of methoxy groups -OCH3 is 2. The Bertz CT molecular complexity index is 640. The minimum Gasteiger partial charge on any atom is -0.493 e. The highest BCUT2D eigenvalue weighted by Gasteiger charge is 2.39. The Kier molecular flexibility index (Phi) is 4.88. The second-order valence-corrected chi connectivity index (χ2v) is 5.47. The highest BCUT2D eigenvalue weighted by molar-refractivity contribution is 6.04. The molecule has 1 aliphatic rings. The van der Waals surface area contributed by atoms with Gasteiger partial charge >= 0.3 is 5.97 Å². The standard InChI is InChI=1S/C16H19NO6/c1-9(2)14-16(20)17(7-13(19)22-4)11-5-10(8-18)6-12(21-3)15(11)23-14/h5-6,8-9,14H,7H2,1-4H3. The summed E-state index contributed by atoms with van der Waals surface area (Å²) in [7, 11) is 2.69. The summed E-state index contributed by atoms with van der Waals surface area (Å²) in [6, 6.07) is 3.01. The Labute approximate surface area is 134 Å². The average molecular weight is 321 g/mol. The number of nitrogens with zero attached hydrogens (tertiary/aromatic N) is 1. The molecule has 0 spiro atoms. The number of benzene rings is 1. The zero-order valence-electron chi connectivity index (χ0n) is 13.5. The van der Waals surface area contributed by atoms with E-state index in [1.54, 1.807) is 0 Å². The molecule has 1 atom stereocenters. The van der Waals surface area contributed by atoms with Gasteiger partial charge in [0.2, 0.25) is 0 Å². The van der Waals surface area contributed by atoms with E-state index >= 15 is 0 Å². The van der Waals surface area contributed by atoms with Gasteiger partial charge in [0.15, 0.2) is 17.6 Å². The van der Waals surface area contributed by atoms with Crippen molar-refractivity contribution in [3.8, 4) is 11.5 Å². The number of aldehydes is 1. The number of rotatable bonds is 5. The van der Waals surface area contributed by atoms with Gasteiger partial charge in [0.25, 0.3) is 5.91 Å². The number of hydrogen-bond donors (Lipinski definition) is 0. The second-order valence-electron chi connectivity index (χ2n) is 5.47. The molecule has 0 saturated heterocycles. The van der Waals surface area contributed by atoms with Gasteiger partial charge in [0.1, 0.15) is 12.8 Å². The van der Waals surface area contributed by atoms with Crippen molar-refractivity contribution in [2.24, 2.45) is 5.92 Å². The molecule has 1 aromatic carbocycles. The van der Waals surface area contributed by atoms with Gasteiger partial charge in [-0.15, -0.1) is 0 Å². The minimum absolute atomic E-state index is 0.105. The average Bonchev–Trinajstić information content (AvgIpc) is 2.55. The molecule has 0 saturated carbocycles. The van der Waals surface area contributed by atoms with E-state index in [2.05, 4.69) is 4.74 Å². The predicted molar refractivity (Wildman–Crippen MR) is 82.0 cm³/mol. The summed E-state index contributed by atoms with van der Waals surface area (Å²) in [5.41, 5.74) is 0.633. The molecule has 7 heteroatoms. The Balaban J connectivity index is 2.59. The normalized spacial score (nSPS) is 16.7.